The monoisotopic (exact) mass is 284 g/mol. The Morgan fingerprint density at radius 2 is 1.71 bits per heavy atom. The van der Waals surface area contributed by atoms with Gasteiger partial charge in [-0.15, -0.1) is 0 Å². The summed E-state index contributed by atoms with van der Waals surface area (Å²) in [5.74, 6) is -0.0397. The number of fused-ring (bicyclic) bond motifs is 3. The van der Waals surface area contributed by atoms with Gasteiger partial charge in [0, 0.05) is 5.92 Å². The van der Waals surface area contributed by atoms with Crippen molar-refractivity contribution in [2.45, 2.75) is 25.7 Å². The van der Waals surface area contributed by atoms with Gasteiger partial charge >= 0.3 is 0 Å². The van der Waals surface area contributed by atoms with Gasteiger partial charge in [-0.05, 0) is 43.2 Å². The number of amides is 3. The van der Waals surface area contributed by atoms with E-state index in [-0.39, 0.29) is 11.8 Å². The van der Waals surface area contributed by atoms with E-state index in [9.17, 15) is 14.4 Å². The molecule has 5 nitrogen and oxygen atoms in total. The predicted molar refractivity (Wildman–Crippen MR) is 74.0 cm³/mol. The molecule has 1 heterocycles. The highest BCUT2D eigenvalue weighted by molar-refractivity contribution is 6.21. The van der Waals surface area contributed by atoms with Crippen LogP contribution in [-0.2, 0) is 4.79 Å². The number of hydrogen-bond acceptors (Lipinski definition) is 3. The maximum atomic E-state index is 12.4. The second kappa shape index (κ2) is 4.41. The van der Waals surface area contributed by atoms with Crippen LogP contribution in [-0.4, -0.2) is 22.7 Å². The second-order valence-corrected chi connectivity index (χ2v) is 6.25. The van der Waals surface area contributed by atoms with Crippen LogP contribution < -0.4 is 5.43 Å². The van der Waals surface area contributed by atoms with E-state index < -0.39 is 11.8 Å². The number of benzene rings is 1. The zero-order chi connectivity index (χ0) is 14.6. The Hall–Kier alpha value is -2.17. The van der Waals surface area contributed by atoms with E-state index in [2.05, 4.69) is 5.43 Å². The van der Waals surface area contributed by atoms with E-state index in [0.29, 0.717) is 23.0 Å². The summed E-state index contributed by atoms with van der Waals surface area (Å²) in [6.07, 6.45) is 4.30. The molecular weight excluding hydrogens is 268 g/mol. The first kappa shape index (κ1) is 12.6. The van der Waals surface area contributed by atoms with Gasteiger partial charge in [-0.25, -0.2) is 0 Å². The Kier molecular flexibility index (Phi) is 2.64. The molecule has 4 rings (SSSR count). The number of imide groups is 1. The van der Waals surface area contributed by atoms with Crippen molar-refractivity contribution in [3.8, 4) is 0 Å². The minimum Gasteiger partial charge on any atom is -0.273 e. The van der Waals surface area contributed by atoms with Gasteiger partial charge in [0.25, 0.3) is 11.8 Å². The lowest BCUT2D eigenvalue weighted by Crippen LogP contribution is -2.48. The Bertz CT molecular complexity index is 620. The van der Waals surface area contributed by atoms with Gasteiger partial charge < -0.3 is 0 Å². The molecule has 3 atom stereocenters. The van der Waals surface area contributed by atoms with Crippen LogP contribution >= 0.6 is 0 Å². The molecule has 1 N–H and O–H groups in total. The molecule has 2 saturated carbocycles. The molecule has 0 unspecified atom stereocenters. The van der Waals surface area contributed by atoms with Gasteiger partial charge in [-0.2, -0.15) is 5.01 Å². The summed E-state index contributed by atoms with van der Waals surface area (Å²) in [5.41, 5.74) is 3.26. The van der Waals surface area contributed by atoms with Crippen LogP contribution in [0.3, 0.4) is 0 Å². The molecule has 0 radical (unpaired) electrons. The largest absolute Gasteiger partial charge is 0.280 e. The first-order chi connectivity index (χ1) is 10.1. The van der Waals surface area contributed by atoms with E-state index >= 15 is 0 Å². The zero-order valence-corrected chi connectivity index (χ0v) is 11.5. The maximum absolute atomic E-state index is 12.4. The van der Waals surface area contributed by atoms with E-state index in [1.807, 2.05) is 0 Å². The third-order valence-electron chi connectivity index (χ3n) is 5.09. The molecule has 0 aromatic heterocycles. The molecule has 0 saturated heterocycles. The summed E-state index contributed by atoms with van der Waals surface area (Å²) < 4.78 is 0. The van der Waals surface area contributed by atoms with Gasteiger partial charge in [0.05, 0.1) is 11.1 Å². The standard InChI is InChI=1S/C16H16N2O3/c19-14(13-8-9-5-6-10(13)7-9)17-18-15(20)11-3-1-2-4-12(11)16(18)21/h1-4,9-10,13H,5-8H2,(H,17,19)/t9-,10+,13-/m0/s1. The van der Waals surface area contributed by atoms with Crippen molar-refractivity contribution in [1.82, 2.24) is 10.4 Å². The van der Waals surface area contributed by atoms with Gasteiger partial charge in [-0.3, -0.25) is 19.8 Å². The fourth-order valence-corrected chi connectivity index (χ4v) is 4.05. The summed E-state index contributed by atoms with van der Waals surface area (Å²) in [6, 6.07) is 6.65. The number of nitrogens with one attached hydrogen (secondary N) is 1. The number of hydrogen-bond donors (Lipinski definition) is 1. The summed E-state index contributed by atoms with van der Waals surface area (Å²) in [7, 11) is 0. The fourth-order valence-electron chi connectivity index (χ4n) is 4.05. The number of nitrogens with zero attached hydrogens (tertiary/aromatic N) is 1. The quantitative estimate of drug-likeness (QED) is 0.841. The minimum absolute atomic E-state index is 0.0481. The highest BCUT2D eigenvalue weighted by Crippen LogP contribution is 2.48. The van der Waals surface area contributed by atoms with Crippen LogP contribution in [0, 0.1) is 17.8 Å². The zero-order valence-electron chi connectivity index (χ0n) is 11.5. The van der Waals surface area contributed by atoms with Crippen LogP contribution in [0.2, 0.25) is 0 Å². The molecule has 1 aromatic carbocycles. The van der Waals surface area contributed by atoms with Crippen molar-refractivity contribution in [1.29, 1.82) is 0 Å². The first-order valence-corrected chi connectivity index (χ1v) is 7.43. The lowest BCUT2D eigenvalue weighted by atomic mass is 9.88. The van der Waals surface area contributed by atoms with Crippen LogP contribution in [0.4, 0.5) is 0 Å². The molecule has 3 amide bonds. The molecular formula is C16H16N2O3. The molecule has 5 heteroatoms. The highest BCUT2D eigenvalue weighted by atomic mass is 16.2. The molecule has 2 fully saturated rings. The Labute approximate surface area is 122 Å². The molecule has 3 aliphatic rings. The Morgan fingerprint density at radius 1 is 1.05 bits per heavy atom. The third kappa shape index (κ3) is 1.80. The van der Waals surface area contributed by atoms with E-state index in [4.69, 9.17) is 0 Å². The average molecular weight is 284 g/mol. The van der Waals surface area contributed by atoms with Gasteiger partial charge in [0.2, 0.25) is 5.91 Å². The molecule has 2 aliphatic carbocycles. The SMILES string of the molecule is O=C(NN1C(=O)c2ccccc2C1=O)[C@H]1C[C@H]2CC[C@@H]1C2. The van der Waals surface area contributed by atoms with Crippen LogP contribution in [0.15, 0.2) is 24.3 Å². The minimum atomic E-state index is -0.438. The highest BCUT2D eigenvalue weighted by Gasteiger charge is 2.45. The lowest BCUT2D eigenvalue weighted by molar-refractivity contribution is -0.129. The summed E-state index contributed by atoms with van der Waals surface area (Å²) in [4.78, 5) is 36.8. The molecule has 1 aromatic rings. The van der Waals surface area contributed by atoms with Crippen molar-refractivity contribution in [3.05, 3.63) is 35.4 Å². The molecule has 2 bridgehead atoms. The van der Waals surface area contributed by atoms with Crippen LogP contribution in [0.25, 0.3) is 0 Å². The van der Waals surface area contributed by atoms with E-state index in [0.717, 1.165) is 24.3 Å². The summed E-state index contributed by atoms with van der Waals surface area (Å²) in [5, 5.41) is 0.874. The first-order valence-electron chi connectivity index (χ1n) is 7.43. The smallest absolute Gasteiger partial charge is 0.273 e. The third-order valence-corrected chi connectivity index (χ3v) is 5.09. The van der Waals surface area contributed by atoms with Crippen LogP contribution in [0.1, 0.15) is 46.4 Å². The van der Waals surface area contributed by atoms with Crippen LogP contribution in [0.5, 0.6) is 0 Å². The lowest BCUT2D eigenvalue weighted by Gasteiger charge is -2.23. The maximum Gasteiger partial charge on any atom is 0.280 e. The topological polar surface area (TPSA) is 66.5 Å². The van der Waals surface area contributed by atoms with E-state index in [1.54, 1.807) is 24.3 Å². The number of carbonyl (C=O) groups is 3. The van der Waals surface area contributed by atoms with Crippen molar-refractivity contribution in [2.75, 3.05) is 0 Å². The normalized spacial score (nSPS) is 29.9. The van der Waals surface area contributed by atoms with Crippen molar-refractivity contribution >= 4 is 17.7 Å². The van der Waals surface area contributed by atoms with E-state index in [1.165, 1.54) is 6.42 Å². The summed E-state index contributed by atoms with van der Waals surface area (Å²) in [6.45, 7) is 0. The average Bonchev–Trinajstić information content (AvgIpc) is 3.18. The molecule has 108 valence electrons. The second-order valence-electron chi connectivity index (χ2n) is 6.25. The Morgan fingerprint density at radius 3 is 2.24 bits per heavy atom. The number of hydrazine groups is 1. The van der Waals surface area contributed by atoms with Gasteiger partial charge in [-0.1, -0.05) is 18.6 Å². The van der Waals surface area contributed by atoms with Gasteiger partial charge in [0.1, 0.15) is 0 Å². The van der Waals surface area contributed by atoms with Crippen molar-refractivity contribution < 1.29 is 14.4 Å². The number of rotatable bonds is 2. The van der Waals surface area contributed by atoms with Crippen molar-refractivity contribution in [3.63, 3.8) is 0 Å². The molecule has 1 aliphatic heterocycles. The van der Waals surface area contributed by atoms with Gasteiger partial charge in [0.15, 0.2) is 0 Å². The molecule has 21 heavy (non-hydrogen) atoms. The van der Waals surface area contributed by atoms with Crippen molar-refractivity contribution in [2.24, 2.45) is 17.8 Å². The Balaban J connectivity index is 1.52. The number of carbonyl (C=O) groups excluding carboxylic acids is 3. The fraction of sp³-hybridized carbons (Fsp3) is 0.438. The summed E-state index contributed by atoms with van der Waals surface area (Å²) >= 11 is 0. The predicted octanol–water partition coefficient (Wildman–Crippen LogP) is 1.75. The molecule has 0 spiro atoms.